The number of carbonyl (C=O) groups excluding carboxylic acids is 2. The highest BCUT2D eigenvalue weighted by Gasteiger charge is 2.30. The first kappa shape index (κ1) is 24.6. The van der Waals surface area contributed by atoms with Crippen molar-refractivity contribution < 1.29 is 22.8 Å². The maximum atomic E-state index is 12.8. The van der Waals surface area contributed by atoms with Crippen molar-refractivity contribution in [3.05, 3.63) is 70.8 Å². The van der Waals surface area contributed by atoms with Crippen molar-refractivity contribution >= 4 is 11.9 Å². The summed E-state index contributed by atoms with van der Waals surface area (Å²) in [6.07, 6.45) is -4.33. The lowest BCUT2D eigenvalue weighted by atomic mass is 10.1. The minimum atomic E-state index is -4.33. The van der Waals surface area contributed by atoms with Crippen molar-refractivity contribution in [2.45, 2.75) is 39.2 Å². The Morgan fingerprint density at radius 3 is 2.03 bits per heavy atom. The first-order valence-corrected chi connectivity index (χ1v) is 10.9. The molecule has 2 aromatic carbocycles. The molecule has 1 saturated heterocycles. The summed E-state index contributed by atoms with van der Waals surface area (Å²) in [5.74, 6) is -0.0544. The van der Waals surface area contributed by atoms with E-state index in [0.29, 0.717) is 44.8 Å². The third kappa shape index (κ3) is 7.21. The minimum Gasteiger partial charge on any atom is -0.336 e. The van der Waals surface area contributed by atoms with Crippen LogP contribution in [0.5, 0.6) is 0 Å². The van der Waals surface area contributed by atoms with Gasteiger partial charge in [0.15, 0.2) is 0 Å². The lowest BCUT2D eigenvalue weighted by molar-refractivity contribution is -0.137. The van der Waals surface area contributed by atoms with Crippen molar-refractivity contribution in [2.24, 2.45) is 0 Å². The topological polar surface area (TPSA) is 64.7 Å². The van der Waals surface area contributed by atoms with Crippen molar-refractivity contribution in [2.75, 3.05) is 26.2 Å². The summed E-state index contributed by atoms with van der Waals surface area (Å²) in [7, 11) is 0. The van der Waals surface area contributed by atoms with Gasteiger partial charge >= 0.3 is 12.2 Å². The SMILES string of the molecule is CC(C)NC(=O)NCc1ccc(C(=O)N2CCN(Cc3ccc(C(F)(F)F)cc3)CC2)cc1. The van der Waals surface area contributed by atoms with Crippen LogP contribution in [0, 0.1) is 0 Å². The van der Waals surface area contributed by atoms with Crippen LogP contribution >= 0.6 is 0 Å². The molecule has 1 heterocycles. The number of hydrogen-bond acceptors (Lipinski definition) is 3. The molecule has 2 aromatic rings. The second-order valence-electron chi connectivity index (χ2n) is 8.44. The summed E-state index contributed by atoms with van der Waals surface area (Å²) in [4.78, 5) is 28.4. The maximum absolute atomic E-state index is 12.8. The number of urea groups is 1. The van der Waals surface area contributed by atoms with Gasteiger partial charge in [-0.25, -0.2) is 4.79 Å². The third-order valence-corrected chi connectivity index (χ3v) is 5.42. The Balaban J connectivity index is 1.46. The van der Waals surface area contributed by atoms with Gasteiger partial charge in [-0.15, -0.1) is 0 Å². The Bertz CT molecular complexity index is 936. The number of rotatable bonds is 6. The second-order valence-corrected chi connectivity index (χ2v) is 8.44. The molecular formula is C24H29F3N4O2. The van der Waals surface area contributed by atoms with E-state index < -0.39 is 11.7 Å². The molecule has 0 aliphatic carbocycles. The standard InChI is InChI=1S/C24H29F3N4O2/c1-17(2)29-23(33)28-15-18-3-7-20(8-4-18)22(32)31-13-11-30(12-14-31)16-19-5-9-21(10-6-19)24(25,26)27/h3-10,17H,11-16H2,1-2H3,(H2,28,29,33). The van der Waals surface area contributed by atoms with Gasteiger partial charge in [-0.3, -0.25) is 9.69 Å². The van der Waals surface area contributed by atoms with Gasteiger partial charge in [0, 0.05) is 50.9 Å². The van der Waals surface area contributed by atoms with Crippen LogP contribution in [-0.4, -0.2) is 54.0 Å². The molecule has 9 heteroatoms. The van der Waals surface area contributed by atoms with E-state index in [2.05, 4.69) is 15.5 Å². The van der Waals surface area contributed by atoms with Crippen LogP contribution < -0.4 is 10.6 Å². The zero-order chi connectivity index (χ0) is 24.0. The summed E-state index contributed by atoms with van der Waals surface area (Å²) in [5.41, 5.74) is 1.64. The Labute approximate surface area is 191 Å². The average molecular weight is 463 g/mol. The van der Waals surface area contributed by atoms with Gasteiger partial charge in [-0.1, -0.05) is 24.3 Å². The van der Waals surface area contributed by atoms with Gasteiger partial charge in [0.25, 0.3) is 5.91 Å². The molecular weight excluding hydrogens is 433 g/mol. The fraction of sp³-hybridized carbons (Fsp3) is 0.417. The zero-order valence-corrected chi connectivity index (χ0v) is 18.8. The van der Waals surface area contributed by atoms with Crippen LogP contribution in [0.15, 0.2) is 48.5 Å². The quantitative estimate of drug-likeness (QED) is 0.685. The normalized spacial score (nSPS) is 14.9. The predicted molar refractivity (Wildman–Crippen MR) is 120 cm³/mol. The largest absolute Gasteiger partial charge is 0.416 e. The molecule has 178 valence electrons. The Morgan fingerprint density at radius 2 is 1.48 bits per heavy atom. The predicted octanol–water partition coefficient (Wildman–Crippen LogP) is 3.87. The van der Waals surface area contributed by atoms with Crippen molar-refractivity contribution in [1.82, 2.24) is 20.4 Å². The number of piperazine rings is 1. The molecule has 1 aliphatic rings. The fourth-order valence-corrected chi connectivity index (χ4v) is 3.61. The molecule has 0 saturated carbocycles. The smallest absolute Gasteiger partial charge is 0.336 e. The highest BCUT2D eigenvalue weighted by molar-refractivity contribution is 5.94. The minimum absolute atomic E-state index is 0.0544. The van der Waals surface area contributed by atoms with Gasteiger partial charge < -0.3 is 15.5 Å². The van der Waals surface area contributed by atoms with E-state index in [1.165, 1.54) is 12.1 Å². The third-order valence-electron chi connectivity index (χ3n) is 5.42. The van der Waals surface area contributed by atoms with E-state index in [9.17, 15) is 22.8 Å². The Kier molecular flexibility index (Phi) is 7.97. The number of hydrogen-bond donors (Lipinski definition) is 2. The van der Waals surface area contributed by atoms with E-state index in [4.69, 9.17) is 0 Å². The van der Waals surface area contributed by atoms with E-state index in [1.807, 2.05) is 26.0 Å². The number of amides is 3. The molecule has 0 unspecified atom stereocenters. The van der Waals surface area contributed by atoms with Crippen LogP contribution in [0.2, 0.25) is 0 Å². The van der Waals surface area contributed by atoms with Crippen LogP contribution in [0.25, 0.3) is 0 Å². The van der Waals surface area contributed by atoms with Gasteiger partial charge in [-0.05, 0) is 49.2 Å². The van der Waals surface area contributed by atoms with Crippen LogP contribution in [0.1, 0.15) is 40.9 Å². The molecule has 2 N–H and O–H groups in total. The molecule has 0 radical (unpaired) electrons. The highest BCUT2D eigenvalue weighted by Crippen LogP contribution is 2.29. The van der Waals surface area contributed by atoms with E-state index >= 15 is 0 Å². The molecule has 0 aromatic heterocycles. The number of nitrogens with zero attached hydrogens (tertiary/aromatic N) is 2. The summed E-state index contributed by atoms with van der Waals surface area (Å²) in [5, 5.41) is 5.52. The number of alkyl halides is 3. The van der Waals surface area contributed by atoms with Gasteiger partial charge in [-0.2, -0.15) is 13.2 Å². The molecule has 3 rings (SSSR count). The lowest BCUT2D eigenvalue weighted by Crippen LogP contribution is -2.48. The molecule has 33 heavy (non-hydrogen) atoms. The molecule has 0 spiro atoms. The summed E-state index contributed by atoms with van der Waals surface area (Å²) < 4.78 is 38.1. The first-order chi connectivity index (χ1) is 15.6. The maximum Gasteiger partial charge on any atom is 0.416 e. The highest BCUT2D eigenvalue weighted by atomic mass is 19.4. The van der Waals surface area contributed by atoms with E-state index in [-0.39, 0.29) is 18.0 Å². The molecule has 1 aliphatic heterocycles. The fourth-order valence-electron chi connectivity index (χ4n) is 3.61. The summed E-state index contributed by atoms with van der Waals surface area (Å²) in [6.45, 7) is 7.10. The lowest BCUT2D eigenvalue weighted by Gasteiger charge is -2.34. The summed E-state index contributed by atoms with van der Waals surface area (Å²) in [6, 6.07) is 12.2. The molecule has 6 nitrogen and oxygen atoms in total. The summed E-state index contributed by atoms with van der Waals surface area (Å²) >= 11 is 0. The van der Waals surface area contributed by atoms with E-state index in [0.717, 1.165) is 23.3 Å². The van der Waals surface area contributed by atoms with Crippen LogP contribution in [-0.2, 0) is 19.3 Å². The van der Waals surface area contributed by atoms with Crippen LogP contribution in [0.4, 0.5) is 18.0 Å². The number of halogens is 3. The van der Waals surface area contributed by atoms with E-state index in [1.54, 1.807) is 17.0 Å². The van der Waals surface area contributed by atoms with Crippen LogP contribution in [0.3, 0.4) is 0 Å². The second kappa shape index (κ2) is 10.7. The molecule has 0 bridgehead atoms. The average Bonchev–Trinajstić information content (AvgIpc) is 2.77. The monoisotopic (exact) mass is 462 g/mol. The number of benzene rings is 2. The zero-order valence-electron chi connectivity index (χ0n) is 18.8. The number of carbonyl (C=O) groups is 2. The van der Waals surface area contributed by atoms with Gasteiger partial charge in [0.2, 0.25) is 0 Å². The molecule has 3 amide bonds. The Morgan fingerprint density at radius 1 is 0.909 bits per heavy atom. The van der Waals surface area contributed by atoms with Crippen molar-refractivity contribution in [3.8, 4) is 0 Å². The van der Waals surface area contributed by atoms with Gasteiger partial charge in [0.1, 0.15) is 0 Å². The van der Waals surface area contributed by atoms with Crippen molar-refractivity contribution in [1.29, 1.82) is 0 Å². The number of nitrogens with one attached hydrogen (secondary N) is 2. The first-order valence-electron chi connectivity index (χ1n) is 10.9. The van der Waals surface area contributed by atoms with Gasteiger partial charge in [0.05, 0.1) is 5.56 Å². The van der Waals surface area contributed by atoms with Crippen molar-refractivity contribution in [3.63, 3.8) is 0 Å². The molecule has 1 fully saturated rings. The molecule has 0 atom stereocenters. The Hall–Kier alpha value is -3.07.